The van der Waals surface area contributed by atoms with E-state index in [1.807, 2.05) is 25.1 Å². The fourth-order valence-corrected chi connectivity index (χ4v) is 4.16. The third kappa shape index (κ3) is 4.84. The van der Waals surface area contributed by atoms with Crippen LogP contribution in [0, 0.1) is 18.3 Å². The zero-order valence-corrected chi connectivity index (χ0v) is 18.4. The lowest BCUT2D eigenvalue weighted by atomic mass is 10.2. The summed E-state index contributed by atoms with van der Waals surface area (Å²) in [5.41, 5.74) is 4.02. The molecule has 2 aromatic heterocycles. The molecule has 0 unspecified atom stereocenters. The van der Waals surface area contributed by atoms with Gasteiger partial charge in [0.25, 0.3) is 0 Å². The molecule has 0 bridgehead atoms. The maximum Gasteiger partial charge on any atom is 0.229 e. The maximum atomic E-state index is 11.5. The predicted molar refractivity (Wildman–Crippen MR) is 124 cm³/mol. The zero-order chi connectivity index (χ0) is 22.7. The molecule has 0 saturated carbocycles. The van der Waals surface area contributed by atoms with Crippen molar-refractivity contribution in [2.45, 2.75) is 12.7 Å². The van der Waals surface area contributed by atoms with Crippen molar-refractivity contribution >= 4 is 43.9 Å². The number of nitriles is 1. The highest BCUT2D eigenvalue weighted by atomic mass is 32.2. The standard InChI is InChI=1S/C22H21N7O2S/c1-15-19-8-7-18(13-20(19)28-27-15)29(12-10-23)21-9-11-24-22(26-21)25-17-5-3-16(4-6-17)14-32(2,30)31/h3-9,11,13H,12,14H2,1-2H3,(H,27,28)(H,24,25,26). The maximum absolute atomic E-state index is 11.5. The van der Waals surface area contributed by atoms with E-state index in [1.165, 1.54) is 6.26 Å². The minimum atomic E-state index is -3.09. The molecular formula is C22H21N7O2S. The molecule has 2 aromatic carbocycles. The number of nitrogens with one attached hydrogen (secondary N) is 2. The molecule has 4 rings (SSSR count). The quantitative estimate of drug-likeness (QED) is 0.411. The van der Waals surface area contributed by atoms with E-state index in [9.17, 15) is 13.7 Å². The van der Waals surface area contributed by atoms with Gasteiger partial charge < -0.3 is 10.2 Å². The van der Waals surface area contributed by atoms with Crippen LogP contribution in [0.5, 0.6) is 0 Å². The number of hydrogen-bond acceptors (Lipinski definition) is 8. The molecule has 0 amide bonds. The Labute approximate surface area is 185 Å². The van der Waals surface area contributed by atoms with Crippen LogP contribution < -0.4 is 10.2 Å². The van der Waals surface area contributed by atoms with E-state index < -0.39 is 9.84 Å². The fraction of sp³-hybridized carbons (Fsp3) is 0.182. The number of anilines is 4. The number of aryl methyl sites for hydroxylation is 1. The third-order valence-corrected chi connectivity index (χ3v) is 5.69. The summed E-state index contributed by atoms with van der Waals surface area (Å²) in [4.78, 5) is 10.6. The van der Waals surface area contributed by atoms with Crippen LogP contribution in [0.2, 0.25) is 0 Å². The van der Waals surface area contributed by atoms with Gasteiger partial charge in [0, 0.05) is 29.2 Å². The summed E-state index contributed by atoms with van der Waals surface area (Å²) in [6.45, 7) is 2.04. The number of aromatic nitrogens is 4. The molecule has 162 valence electrons. The van der Waals surface area contributed by atoms with Gasteiger partial charge in [-0.15, -0.1) is 0 Å². The summed E-state index contributed by atoms with van der Waals surface area (Å²) in [5, 5.41) is 20.7. The van der Waals surface area contributed by atoms with Gasteiger partial charge in [-0.2, -0.15) is 15.3 Å². The van der Waals surface area contributed by atoms with Gasteiger partial charge in [0.2, 0.25) is 5.95 Å². The van der Waals surface area contributed by atoms with Crippen molar-refractivity contribution in [1.82, 2.24) is 20.2 Å². The summed E-state index contributed by atoms with van der Waals surface area (Å²) >= 11 is 0. The van der Waals surface area contributed by atoms with Gasteiger partial charge in [0.1, 0.15) is 12.4 Å². The Morgan fingerprint density at radius 2 is 1.94 bits per heavy atom. The third-order valence-electron chi connectivity index (χ3n) is 4.83. The lowest BCUT2D eigenvalue weighted by Crippen LogP contribution is -2.19. The predicted octanol–water partition coefficient (Wildman–Crippen LogP) is 3.61. The van der Waals surface area contributed by atoms with Crippen LogP contribution in [-0.2, 0) is 15.6 Å². The molecular weight excluding hydrogens is 426 g/mol. The SMILES string of the molecule is Cc1n[nH]c2cc(N(CC#N)c3ccnc(Nc4ccc(CS(C)(=O)=O)cc4)n3)ccc12. The number of aromatic amines is 1. The van der Waals surface area contributed by atoms with Crippen LogP contribution in [0.1, 0.15) is 11.3 Å². The molecule has 10 heteroatoms. The van der Waals surface area contributed by atoms with Crippen LogP contribution >= 0.6 is 0 Å². The molecule has 32 heavy (non-hydrogen) atoms. The fourth-order valence-electron chi connectivity index (χ4n) is 3.36. The lowest BCUT2D eigenvalue weighted by Gasteiger charge is -2.21. The van der Waals surface area contributed by atoms with Crippen molar-refractivity contribution in [3.63, 3.8) is 0 Å². The molecule has 2 heterocycles. The van der Waals surface area contributed by atoms with Gasteiger partial charge in [0.05, 0.1) is 23.0 Å². The number of benzene rings is 2. The molecule has 0 atom stereocenters. The number of sulfone groups is 1. The first kappa shape index (κ1) is 21.3. The summed E-state index contributed by atoms with van der Waals surface area (Å²) in [6.07, 6.45) is 2.82. The van der Waals surface area contributed by atoms with Crippen molar-refractivity contribution in [3.8, 4) is 6.07 Å². The molecule has 2 N–H and O–H groups in total. The Bertz CT molecular complexity index is 1410. The molecule has 4 aromatic rings. The van der Waals surface area contributed by atoms with Gasteiger partial charge in [-0.1, -0.05) is 12.1 Å². The van der Waals surface area contributed by atoms with Gasteiger partial charge in [0.15, 0.2) is 9.84 Å². The van der Waals surface area contributed by atoms with Gasteiger partial charge >= 0.3 is 0 Å². The van der Waals surface area contributed by atoms with Crippen molar-refractivity contribution in [2.75, 3.05) is 23.0 Å². The number of hydrogen-bond donors (Lipinski definition) is 2. The zero-order valence-electron chi connectivity index (χ0n) is 17.6. The van der Waals surface area contributed by atoms with Crippen LogP contribution in [0.25, 0.3) is 10.9 Å². The second kappa shape index (κ2) is 8.64. The highest BCUT2D eigenvalue weighted by Crippen LogP contribution is 2.28. The van der Waals surface area contributed by atoms with Gasteiger partial charge in [-0.25, -0.2) is 13.4 Å². The van der Waals surface area contributed by atoms with Crippen molar-refractivity contribution in [3.05, 3.63) is 66.0 Å². The second-order valence-electron chi connectivity index (χ2n) is 7.41. The van der Waals surface area contributed by atoms with Crippen molar-refractivity contribution in [1.29, 1.82) is 5.26 Å². The van der Waals surface area contributed by atoms with E-state index in [0.717, 1.165) is 28.0 Å². The second-order valence-corrected chi connectivity index (χ2v) is 9.55. The highest BCUT2D eigenvalue weighted by Gasteiger charge is 2.14. The van der Waals surface area contributed by atoms with Gasteiger partial charge in [-0.05, 0) is 48.9 Å². The lowest BCUT2D eigenvalue weighted by molar-refractivity contribution is 0.601. The topological polar surface area (TPSA) is 128 Å². The number of H-pyrrole nitrogens is 1. The first-order valence-corrected chi connectivity index (χ1v) is 11.8. The average Bonchev–Trinajstić information content (AvgIpc) is 3.13. The van der Waals surface area contributed by atoms with Crippen LogP contribution in [0.4, 0.5) is 23.1 Å². The molecule has 0 spiro atoms. The normalized spacial score (nSPS) is 11.3. The van der Waals surface area contributed by atoms with E-state index in [4.69, 9.17) is 0 Å². The smallest absolute Gasteiger partial charge is 0.229 e. The first-order chi connectivity index (χ1) is 15.3. The average molecular weight is 448 g/mol. The molecule has 0 aliphatic rings. The number of rotatable bonds is 7. The Hall–Kier alpha value is -3.97. The Morgan fingerprint density at radius 3 is 2.66 bits per heavy atom. The largest absolute Gasteiger partial charge is 0.324 e. The Morgan fingerprint density at radius 1 is 1.16 bits per heavy atom. The van der Waals surface area contributed by atoms with Crippen LogP contribution in [0.15, 0.2) is 54.7 Å². The minimum Gasteiger partial charge on any atom is -0.324 e. The molecule has 0 saturated heterocycles. The van der Waals surface area contributed by atoms with Crippen molar-refractivity contribution in [2.24, 2.45) is 0 Å². The first-order valence-electron chi connectivity index (χ1n) is 9.78. The molecule has 0 fully saturated rings. The molecule has 0 aliphatic carbocycles. The van der Waals surface area contributed by atoms with E-state index in [2.05, 4.69) is 31.6 Å². The van der Waals surface area contributed by atoms with Gasteiger partial charge in [-0.3, -0.25) is 5.10 Å². The summed E-state index contributed by atoms with van der Waals surface area (Å²) in [6, 6.07) is 16.8. The highest BCUT2D eigenvalue weighted by molar-refractivity contribution is 7.89. The van der Waals surface area contributed by atoms with E-state index >= 15 is 0 Å². The Balaban J connectivity index is 1.59. The minimum absolute atomic E-state index is 0.0113. The Kier molecular flexibility index (Phi) is 5.75. The van der Waals surface area contributed by atoms with Crippen LogP contribution in [-0.4, -0.2) is 41.4 Å². The molecule has 0 aliphatic heterocycles. The van der Waals surface area contributed by atoms with Crippen LogP contribution in [0.3, 0.4) is 0 Å². The van der Waals surface area contributed by atoms with E-state index in [1.54, 1.807) is 41.4 Å². The summed E-state index contributed by atoms with van der Waals surface area (Å²) in [5.74, 6) is 0.913. The molecule has 0 radical (unpaired) electrons. The summed E-state index contributed by atoms with van der Waals surface area (Å²) in [7, 11) is -3.09. The van der Waals surface area contributed by atoms with E-state index in [-0.39, 0.29) is 12.3 Å². The monoisotopic (exact) mass is 447 g/mol. The van der Waals surface area contributed by atoms with Crippen molar-refractivity contribution < 1.29 is 8.42 Å². The molecule has 9 nitrogen and oxygen atoms in total. The number of fused-ring (bicyclic) bond motifs is 1. The summed E-state index contributed by atoms with van der Waals surface area (Å²) < 4.78 is 22.9. The number of nitrogens with zero attached hydrogens (tertiary/aromatic N) is 5. The van der Waals surface area contributed by atoms with E-state index in [0.29, 0.717) is 17.3 Å².